The molecule has 0 spiro atoms. The highest BCUT2D eigenvalue weighted by Crippen LogP contribution is 2.32. The minimum absolute atomic E-state index is 0.222. The minimum Gasteiger partial charge on any atom is -0.347 e. The van der Waals surface area contributed by atoms with E-state index in [0.29, 0.717) is 29.6 Å². The van der Waals surface area contributed by atoms with E-state index < -0.39 is 29.4 Å². The van der Waals surface area contributed by atoms with Gasteiger partial charge in [-0.25, -0.2) is 4.98 Å². The van der Waals surface area contributed by atoms with Gasteiger partial charge in [0.2, 0.25) is 0 Å². The van der Waals surface area contributed by atoms with Gasteiger partial charge in [0.1, 0.15) is 5.69 Å². The number of nitrogens with zero attached hydrogens (tertiary/aromatic N) is 4. The normalized spacial score (nSPS) is 18.2. The molecule has 1 aliphatic rings. The van der Waals surface area contributed by atoms with Crippen LogP contribution >= 0.6 is 0 Å². The van der Waals surface area contributed by atoms with E-state index in [2.05, 4.69) is 25.5 Å². The molecule has 1 fully saturated rings. The molecule has 2 atom stereocenters. The van der Waals surface area contributed by atoms with Crippen LogP contribution in [0.5, 0.6) is 0 Å². The Morgan fingerprint density at radius 2 is 1.86 bits per heavy atom. The van der Waals surface area contributed by atoms with Crippen LogP contribution < -0.4 is 5.32 Å². The molecule has 11 heteroatoms. The van der Waals surface area contributed by atoms with Crippen molar-refractivity contribution in [1.82, 2.24) is 30.4 Å². The predicted molar refractivity (Wildman–Crippen MR) is 124 cm³/mol. The van der Waals surface area contributed by atoms with Crippen molar-refractivity contribution in [2.45, 2.75) is 24.6 Å². The molecule has 0 saturated carbocycles. The van der Waals surface area contributed by atoms with Crippen LogP contribution in [0.15, 0.2) is 67.1 Å². The number of carbonyl (C=O) groups excluding carboxylic acids is 2. The van der Waals surface area contributed by atoms with Gasteiger partial charge in [0.05, 0.1) is 17.3 Å². The summed E-state index contributed by atoms with van der Waals surface area (Å²) >= 11 is 0. The molecule has 2 N–H and O–H groups in total. The van der Waals surface area contributed by atoms with E-state index in [4.69, 9.17) is 0 Å². The number of fused-ring (bicyclic) bond motifs is 1. The van der Waals surface area contributed by atoms with Gasteiger partial charge in [0.15, 0.2) is 5.65 Å². The number of pyridine rings is 2. The van der Waals surface area contributed by atoms with Crippen molar-refractivity contribution in [3.63, 3.8) is 0 Å². The molecule has 184 valence electrons. The highest BCUT2D eigenvalue weighted by atomic mass is 19.4. The number of rotatable bonds is 4. The summed E-state index contributed by atoms with van der Waals surface area (Å²) in [5, 5.41) is 10.1. The van der Waals surface area contributed by atoms with Gasteiger partial charge in [-0.05, 0) is 30.2 Å². The molecule has 36 heavy (non-hydrogen) atoms. The quantitative estimate of drug-likeness (QED) is 0.449. The number of aromatic nitrogens is 4. The minimum atomic E-state index is -4.71. The first kappa shape index (κ1) is 23.5. The molecule has 3 aromatic heterocycles. The third-order valence-corrected chi connectivity index (χ3v) is 6.31. The van der Waals surface area contributed by atoms with Gasteiger partial charge in [-0.2, -0.15) is 18.3 Å². The lowest BCUT2D eigenvalue weighted by molar-refractivity contribution is -0.138. The Balaban J connectivity index is 1.39. The first-order chi connectivity index (χ1) is 17.3. The molecule has 5 rings (SSSR count). The monoisotopic (exact) mass is 494 g/mol. The Bertz CT molecular complexity index is 1410. The number of H-pyrrole nitrogens is 1. The number of alkyl halides is 3. The van der Waals surface area contributed by atoms with Crippen LogP contribution in [-0.2, 0) is 6.18 Å². The van der Waals surface area contributed by atoms with E-state index in [1.54, 1.807) is 17.2 Å². The number of amides is 2. The van der Waals surface area contributed by atoms with Crippen molar-refractivity contribution < 1.29 is 22.8 Å². The van der Waals surface area contributed by atoms with Gasteiger partial charge in [0, 0.05) is 42.8 Å². The maximum absolute atomic E-state index is 13.4. The smallest absolute Gasteiger partial charge is 0.347 e. The van der Waals surface area contributed by atoms with Gasteiger partial charge < -0.3 is 10.2 Å². The maximum Gasteiger partial charge on any atom is 0.418 e. The largest absolute Gasteiger partial charge is 0.418 e. The van der Waals surface area contributed by atoms with Crippen molar-refractivity contribution in [2.24, 2.45) is 0 Å². The number of aromatic amines is 1. The number of likely N-dealkylation sites (tertiary alicyclic amines) is 1. The highest BCUT2D eigenvalue weighted by Gasteiger charge is 2.38. The summed E-state index contributed by atoms with van der Waals surface area (Å²) in [6.07, 6.45) is -0.133. The van der Waals surface area contributed by atoms with Crippen molar-refractivity contribution in [1.29, 1.82) is 0 Å². The van der Waals surface area contributed by atoms with Crippen LogP contribution in [-0.4, -0.2) is 56.0 Å². The van der Waals surface area contributed by atoms with Crippen molar-refractivity contribution in [3.05, 3.63) is 89.5 Å². The van der Waals surface area contributed by atoms with E-state index in [0.717, 1.165) is 23.9 Å². The van der Waals surface area contributed by atoms with Crippen molar-refractivity contribution in [3.8, 4) is 0 Å². The Labute approximate surface area is 203 Å². The molecule has 4 aromatic rings. The van der Waals surface area contributed by atoms with Crippen LogP contribution in [0.4, 0.5) is 13.2 Å². The van der Waals surface area contributed by atoms with E-state index >= 15 is 0 Å². The fourth-order valence-electron chi connectivity index (χ4n) is 4.54. The first-order valence-corrected chi connectivity index (χ1v) is 11.3. The average molecular weight is 494 g/mol. The molecule has 0 radical (unpaired) electrons. The summed E-state index contributed by atoms with van der Waals surface area (Å²) in [7, 11) is 0. The zero-order valence-electron chi connectivity index (χ0n) is 18.9. The Hall–Kier alpha value is -4.28. The number of piperidine rings is 1. The van der Waals surface area contributed by atoms with Crippen LogP contribution in [0.2, 0.25) is 0 Å². The molecule has 4 heterocycles. The van der Waals surface area contributed by atoms with Gasteiger partial charge in [-0.15, -0.1) is 0 Å². The summed E-state index contributed by atoms with van der Waals surface area (Å²) in [4.78, 5) is 35.8. The zero-order chi connectivity index (χ0) is 25.3. The predicted octanol–water partition coefficient (Wildman–Crippen LogP) is 3.80. The zero-order valence-corrected chi connectivity index (χ0v) is 18.9. The molecule has 1 aliphatic heterocycles. The lowest BCUT2D eigenvalue weighted by Gasteiger charge is -2.39. The third-order valence-electron chi connectivity index (χ3n) is 6.31. The second kappa shape index (κ2) is 9.40. The van der Waals surface area contributed by atoms with Gasteiger partial charge in [0.25, 0.3) is 11.8 Å². The number of hydrogen-bond donors (Lipinski definition) is 2. The van der Waals surface area contributed by atoms with E-state index in [-0.39, 0.29) is 18.4 Å². The van der Waals surface area contributed by atoms with Gasteiger partial charge in [-0.3, -0.25) is 19.7 Å². The fourth-order valence-corrected chi connectivity index (χ4v) is 4.54. The molecular weight excluding hydrogens is 473 g/mol. The molecule has 8 nitrogen and oxygen atoms in total. The number of halogens is 3. The fraction of sp³-hybridized carbons (Fsp3) is 0.240. The maximum atomic E-state index is 13.4. The summed E-state index contributed by atoms with van der Waals surface area (Å²) in [6.45, 7) is 0.580. The SMILES string of the molecule is O=C(N[C@@H]1CCN(C(=O)c2cnc3[nH]ncc3c2)C[C@@H]1c1ccccc1)c1ncccc1C(F)(F)F. The topological polar surface area (TPSA) is 104 Å². The van der Waals surface area contributed by atoms with Crippen molar-refractivity contribution >= 4 is 22.8 Å². The molecule has 1 aromatic carbocycles. The third kappa shape index (κ3) is 4.64. The van der Waals surface area contributed by atoms with E-state index in [1.807, 2.05) is 30.3 Å². The molecule has 2 amide bonds. The van der Waals surface area contributed by atoms with Crippen LogP contribution in [0.1, 0.15) is 44.3 Å². The van der Waals surface area contributed by atoms with Crippen LogP contribution in [0, 0.1) is 0 Å². The van der Waals surface area contributed by atoms with Crippen LogP contribution in [0.3, 0.4) is 0 Å². The average Bonchev–Trinajstić information content (AvgIpc) is 3.36. The van der Waals surface area contributed by atoms with Crippen LogP contribution in [0.25, 0.3) is 11.0 Å². The number of nitrogens with one attached hydrogen (secondary N) is 2. The lowest BCUT2D eigenvalue weighted by atomic mass is 9.85. The first-order valence-electron chi connectivity index (χ1n) is 11.3. The Kier molecular flexibility index (Phi) is 6.13. The van der Waals surface area contributed by atoms with E-state index in [9.17, 15) is 22.8 Å². The second-order valence-corrected chi connectivity index (χ2v) is 8.57. The Morgan fingerprint density at radius 3 is 2.64 bits per heavy atom. The molecule has 0 bridgehead atoms. The number of hydrogen-bond acceptors (Lipinski definition) is 5. The summed E-state index contributed by atoms with van der Waals surface area (Å²) in [5.41, 5.74) is 0.0773. The Morgan fingerprint density at radius 1 is 1.06 bits per heavy atom. The lowest BCUT2D eigenvalue weighted by Crippen LogP contribution is -2.51. The van der Waals surface area contributed by atoms with Crippen molar-refractivity contribution in [2.75, 3.05) is 13.1 Å². The molecule has 0 unspecified atom stereocenters. The molecular formula is C25H21F3N6O2. The highest BCUT2D eigenvalue weighted by molar-refractivity contribution is 5.97. The van der Waals surface area contributed by atoms with Gasteiger partial charge in [-0.1, -0.05) is 30.3 Å². The van der Waals surface area contributed by atoms with E-state index in [1.165, 1.54) is 6.20 Å². The summed E-state index contributed by atoms with van der Waals surface area (Å²) < 4.78 is 40.3. The summed E-state index contributed by atoms with van der Waals surface area (Å²) in [5.74, 6) is -1.46. The number of benzene rings is 1. The number of carbonyl (C=O) groups is 2. The standard InChI is InChI=1S/C25H21F3N6O2/c26-25(27,28)19-7-4-9-29-21(19)23(35)32-20-8-10-34(14-18(20)15-5-2-1-3-6-15)24(36)17-11-16-13-31-33-22(16)30-12-17/h1-7,9,11-13,18,20H,8,10,14H2,(H,32,35)(H,30,31,33)/t18-,20-/m1/s1. The molecule has 0 aliphatic carbocycles. The summed E-state index contributed by atoms with van der Waals surface area (Å²) in [6, 6.07) is 12.5. The molecule has 1 saturated heterocycles. The van der Waals surface area contributed by atoms with Gasteiger partial charge >= 0.3 is 6.18 Å². The second-order valence-electron chi connectivity index (χ2n) is 8.57.